The van der Waals surface area contributed by atoms with Crippen LogP contribution in [-0.2, 0) is 22.7 Å². The molecule has 182 valence electrons. The molecule has 0 saturated carbocycles. The third kappa shape index (κ3) is 4.64. The van der Waals surface area contributed by atoms with Gasteiger partial charge in [-0.2, -0.15) is 0 Å². The fraction of sp³-hybridized carbons (Fsp3) is 0.385. The number of imide groups is 1. The first-order valence-corrected chi connectivity index (χ1v) is 12.0. The van der Waals surface area contributed by atoms with Gasteiger partial charge in [0, 0.05) is 69.6 Å². The third-order valence-electron chi connectivity index (χ3n) is 7.09. The highest BCUT2D eigenvalue weighted by Gasteiger charge is 2.39. The lowest BCUT2D eigenvalue weighted by molar-refractivity contribution is -0.136. The molecule has 35 heavy (non-hydrogen) atoms. The minimum atomic E-state index is -0.593. The van der Waals surface area contributed by atoms with E-state index in [4.69, 9.17) is 0 Å². The highest BCUT2D eigenvalue weighted by Crippen LogP contribution is 2.31. The van der Waals surface area contributed by atoms with Gasteiger partial charge in [0.2, 0.25) is 11.8 Å². The Morgan fingerprint density at radius 2 is 1.77 bits per heavy atom. The van der Waals surface area contributed by atoms with Gasteiger partial charge >= 0.3 is 0 Å². The maximum Gasteiger partial charge on any atom is 0.255 e. The molecule has 9 heteroatoms. The predicted octanol–water partition coefficient (Wildman–Crippen LogP) is 1.13. The third-order valence-corrected chi connectivity index (χ3v) is 7.09. The van der Waals surface area contributed by atoms with E-state index in [0.717, 1.165) is 44.0 Å². The molecule has 3 aliphatic heterocycles. The van der Waals surface area contributed by atoms with E-state index in [1.807, 2.05) is 36.4 Å². The number of fused-ring (bicyclic) bond motifs is 1. The number of anilines is 1. The molecule has 1 atom stereocenters. The van der Waals surface area contributed by atoms with Crippen LogP contribution in [0.15, 0.2) is 42.5 Å². The number of piperazine rings is 1. The molecule has 2 fully saturated rings. The van der Waals surface area contributed by atoms with Crippen molar-refractivity contribution in [2.75, 3.05) is 38.1 Å². The number of carbonyl (C=O) groups excluding carboxylic acids is 4. The monoisotopic (exact) mass is 475 g/mol. The first-order valence-electron chi connectivity index (χ1n) is 12.0. The molecule has 2 aromatic rings. The van der Waals surface area contributed by atoms with Crippen molar-refractivity contribution in [2.24, 2.45) is 0 Å². The Balaban J connectivity index is 1.19. The van der Waals surface area contributed by atoms with E-state index in [2.05, 4.69) is 26.5 Å². The fourth-order valence-electron chi connectivity index (χ4n) is 5.09. The quantitative estimate of drug-likeness (QED) is 0.629. The predicted molar refractivity (Wildman–Crippen MR) is 130 cm³/mol. The van der Waals surface area contributed by atoms with Crippen LogP contribution in [0.2, 0.25) is 0 Å². The van der Waals surface area contributed by atoms with Gasteiger partial charge in [-0.3, -0.25) is 29.4 Å². The minimum Gasteiger partial charge on any atom is -0.369 e. The summed E-state index contributed by atoms with van der Waals surface area (Å²) in [5.74, 6) is -0.894. The summed E-state index contributed by atoms with van der Waals surface area (Å²) < 4.78 is 0. The molecule has 0 bridgehead atoms. The van der Waals surface area contributed by atoms with E-state index in [-0.39, 0.29) is 30.0 Å². The minimum absolute atomic E-state index is 0.0820. The Morgan fingerprint density at radius 1 is 1.03 bits per heavy atom. The molecule has 3 heterocycles. The van der Waals surface area contributed by atoms with Gasteiger partial charge in [-0.05, 0) is 47.9 Å². The zero-order chi connectivity index (χ0) is 24.5. The lowest BCUT2D eigenvalue weighted by Gasteiger charge is -2.36. The number of amides is 4. The van der Waals surface area contributed by atoms with E-state index in [9.17, 15) is 19.2 Å². The van der Waals surface area contributed by atoms with Gasteiger partial charge in [-0.15, -0.1) is 0 Å². The first-order chi connectivity index (χ1) is 16.9. The lowest BCUT2D eigenvalue weighted by Crippen LogP contribution is -2.52. The van der Waals surface area contributed by atoms with E-state index >= 15 is 0 Å². The van der Waals surface area contributed by atoms with Crippen LogP contribution < -0.4 is 15.5 Å². The van der Waals surface area contributed by atoms with Gasteiger partial charge in [-0.1, -0.05) is 12.1 Å². The van der Waals surface area contributed by atoms with Gasteiger partial charge in [0.1, 0.15) is 6.04 Å². The zero-order valence-corrected chi connectivity index (χ0v) is 19.8. The molecule has 0 spiro atoms. The zero-order valence-electron chi connectivity index (χ0n) is 19.8. The first kappa shape index (κ1) is 23.0. The fourth-order valence-corrected chi connectivity index (χ4v) is 5.09. The van der Waals surface area contributed by atoms with Crippen molar-refractivity contribution in [2.45, 2.75) is 32.0 Å². The summed E-state index contributed by atoms with van der Waals surface area (Å²) in [7, 11) is 1.63. The Labute approximate surface area is 204 Å². The summed E-state index contributed by atoms with van der Waals surface area (Å²) >= 11 is 0. The van der Waals surface area contributed by atoms with Crippen LogP contribution in [0.25, 0.3) is 0 Å². The van der Waals surface area contributed by atoms with Crippen molar-refractivity contribution in [1.82, 2.24) is 20.4 Å². The van der Waals surface area contributed by atoms with E-state index in [0.29, 0.717) is 24.1 Å². The average molecular weight is 476 g/mol. The molecular weight excluding hydrogens is 446 g/mol. The van der Waals surface area contributed by atoms with Crippen LogP contribution in [0.3, 0.4) is 0 Å². The van der Waals surface area contributed by atoms with Gasteiger partial charge in [0.25, 0.3) is 11.8 Å². The summed E-state index contributed by atoms with van der Waals surface area (Å²) in [5, 5.41) is 4.98. The lowest BCUT2D eigenvalue weighted by atomic mass is 10.0. The molecule has 2 N–H and O–H groups in total. The summed E-state index contributed by atoms with van der Waals surface area (Å²) in [6, 6.07) is 13.0. The van der Waals surface area contributed by atoms with Gasteiger partial charge in [0.15, 0.2) is 0 Å². The van der Waals surface area contributed by atoms with Crippen LogP contribution >= 0.6 is 0 Å². The van der Waals surface area contributed by atoms with Gasteiger partial charge in [0.05, 0.1) is 0 Å². The molecule has 0 aromatic heterocycles. The highest BCUT2D eigenvalue weighted by molar-refractivity contribution is 6.05. The number of hydrogen-bond donors (Lipinski definition) is 2. The van der Waals surface area contributed by atoms with Crippen molar-refractivity contribution in [3.05, 3.63) is 64.7 Å². The maximum atomic E-state index is 12.9. The van der Waals surface area contributed by atoms with Crippen LogP contribution in [0.5, 0.6) is 0 Å². The molecule has 2 aromatic carbocycles. The van der Waals surface area contributed by atoms with Crippen molar-refractivity contribution in [1.29, 1.82) is 0 Å². The Morgan fingerprint density at radius 3 is 2.46 bits per heavy atom. The van der Waals surface area contributed by atoms with E-state index < -0.39 is 6.04 Å². The van der Waals surface area contributed by atoms with Crippen molar-refractivity contribution >= 4 is 29.3 Å². The van der Waals surface area contributed by atoms with Crippen LogP contribution in [0.4, 0.5) is 5.69 Å². The van der Waals surface area contributed by atoms with Gasteiger partial charge in [-0.25, -0.2) is 0 Å². The van der Waals surface area contributed by atoms with Crippen LogP contribution in [0.1, 0.15) is 44.7 Å². The summed E-state index contributed by atoms with van der Waals surface area (Å²) in [6.45, 7) is 4.80. The van der Waals surface area contributed by atoms with E-state index in [1.54, 1.807) is 11.9 Å². The second-order valence-corrected chi connectivity index (χ2v) is 9.28. The molecule has 2 saturated heterocycles. The standard InChI is InChI=1S/C26H29N5O4/c1-27-24(33)18-4-2-17(3-5-18)15-29-10-12-30(13-11-29)20-6-7-21-19(14-20)16-31(26(21)35)22-8-9-23(32)28-25(22)34/h2-7,14,22H,8-13,15-16H2,1H3,(H,27,33)(H,28,32,34). The smallest absolute Gasteiger partial charge is 0.255 e. The Kier molecular flexibility index (Phi) is 6.25. The number of nitrogens with one attached hydrogen (secondary N) is 2. The summed E-state index contributed by atoms with van der Waals surface area (Å²) in [4.78, 5) is 54.7. The average Bonchev–Trinajstić information content (AvgIpc) is 3.20. The van der Waals surface area contributed by atoms with Crippen LogP contribution in [-0.4, -0.2) is 72.7 Å². The molecular formula is C26H29N5O4. The topological polar surface area (TPSA) is 102 Å². The Bertz CT molecular complexity index is 1170. The summed E-state index contributed by atoms with van der Waals surface area (Å²) in [5.41, 5.74) is 4.48. The number of nitrogens with zero attached hydrogens (tertiary/aromatic N) is 3. The SMILES string of the molecule is CNC(=O)c1ccc(CN2CCN(c3ccc4c(c3)CN(C3CCC(=O)NC3=O)C4=O)CC2)cc1. The molecule has 1 unspecified atom stereocenters. The molecule has 5 rings (SSSR count). The van der Waals surface area contributed by atoms with E-state index in [1.165, 1.54) is 5.56 Å². The Hall–Kier alpha value is -3.72. The number of piperidine rings is 1. The highest BCUT2D eigenvalue weighted by atomic mass is 16.2. The molecule has 4 amide bonds. The molecule has 3 aliphatic rings. The van der Waals surface area contributed by atoms with Gasteiger partial charge < -0.3 is 15.1 Å². The number of carbonyl (C=O) groups is 4. The summed E-state index contributed by atoms with van der Waals surface area (Å²) in [6.07, 6.45) is 0.623. The molecule has 0 radical (unpaired) electrons. The second-order valence-electron chi connectivity index (χ2n) is 9.28. The number of benzene rings is 2. The molecule has 0 aliphatic carbocycles. The number of rotatable bonds is 5. The normalized spacial score (nSPS) is 20.6. The van der Waals surface area contributed by atoms with Crippen molar-refractivity contribution in [3.8, 4) is 0 Å². The number of hydrogen-bond acceptors (Lipinski definition) is 6. The van der Waals surface area contributed by atoms with Crippen LogP contribution in [0, 0.1) is 0 Å². The molecule has 9 nitrogen and oxygen atoms in total. The van der Waals surface area contributed by atoms with Crippen molar-refractivity contribution in [3.63, 3.8) is 0 Å². The maximum absolute atomic E-state index is 12.9. The van der Waals surface area contributed by atoms with Crippen molar-refractivity contribution < 1.29 is 19.2 Å². The largest absolute Gasteiger partial charge is 0.369 e. The second kappa shape index (κ2) is 9.50.